The zero-order chi connectivity index (χ0) is 37.0. The third-order valence-corrected chi connectivity index (χ3v) is 11.1. The second kappa shape index (κ2) is 13.1. The maximum atomic E-state index is 5.22. The van der Waals surface area contributed by atoms with E-state index >= 15 is 0 Å². The second-order valence-corrected chi connectivity index (χ2v) is 14.4. The molecule has 0 saturated heterocycles. The molecule has 0 bridgehead atoms. The largest absolute Gasteiger partial charge is 0.309 e. The average molecular weight is 714 g/mol. The molecular weight excluding hydrogens is 679 g/mol. The van der Waals surface area contributed by atoms with Crippen molar-refractivity contribution in [1.29, 1.82) is 0 Å². The molecule has 0 spiro atoms. The minimum atomic E-state index is 0.966. The minimum absolute atomic E-state index is 0.966. The van der Waals surface area contributed by atoms with Crippen LogP contribution in [-0.4, -0.2) is 14.1 Å². The zero-order valence-corrected chi connectivity index (χ0v) is 30.5. The van der Waals surface area contributed by atoms with Crippen LogP contribution in [-0.2, 0) is 0 Å². The normalized spacial score (nSPS) is 11.6. The van der Waals surface area contributed by atoms with Gasteiger partial charge in [-0.25, -0.2) is 4.98 Å². The van der Waals surface area contributed by atoms with E-state index in [2.05, 4.69) is 215 Å². The molecule has 3 aromatic heterocycles. The maximum absolute atomic E-state index is 5.22. The number of hydrogen-bond acceptors (Lipinski definition) is 1. The number of rotatable bonds is 6. The molecule has 0 fully saturated rings. The Morgan fingerprint density at radius 2 is 0.732 bits per heavy atom. The van der Waals surface area contributed by atoms with Gasteiger partial charge < -0.3 is 9.13 Å². The lowest BCUT2D eigenvalue weighted by atomic mass is 9.97. The monoisotopic (exact) mass is 713 g/mol. The highest BCUT2D eigenvalue weighted by Gasteiger charge is 2.17. The van der Waals surface area contributed by atoms with Gasteiger partial charge in [0.15, 0.2) is 0 Å². The highest BCUT2D eigenvalue weighted by molar-refractivity contribution is 6.12. The van der Waals surface area contributed by atoms with Gasteiger partial charge in [-0.15, -0.1) is 0 Å². The first kappa shape index (κ1) is 32.0. The van der Waals surface area contributed by atoms with Gasteiger partial charge in [0.25, 0.3) is 0 Å². The number of para-hydroxylation sites is 3. The summed E-state index contributed by atoms with van der Waals surface area (Å²) in [5, 5.41) is 4.99. The van der Waals surface area contributed by atoms with Gasteiger partial charge in [0.2, 0.25) is 0 Å². The van der Waals surface area contributed by atoms with E-state index in [0.29, 0.717) is 0 Å². The molecule has 3 heterocycles. The summed E-state index contributed by atoms with van der Waals surface area (Å²) in [6.45, 7) is 0. The highest BCUT2D eigenvalue weighted by Crippen LogP contribution is 2.39. The van der Waals surface area contributed by atoms with Crippen molar-refractivity contribution in [2.45, 2.75) is 0 Å². The number of benzene rings is 8. The molecule has 0 amide bonds. The number of hydrogen-bond donors (Lipinski definition) is 0. The summed E-state index contributed by atoms with van der Waals surface area (Å²) in [6, 6.07) is 76.1. The summed E-state index contributed by atoms with van der Waals surface area (Å²) < 4.78 is 4.76. The van der Waals surface area contributed by atoms with Crippen molar-refractivity contribution in [2.75, 3.05) is 0 Å². The first-order chi connectivity index (χ1) is 27.8. The van der Waals surface area contributed by atoms with Crippen LogP contribution in [0.25, 0.3) is 99.8 Å². The van der Waals surface area contributed by atoms with Gasteiger partial charge >= 0.3 is 0 Å². The molecule has 0 atom stereocenters. The fourth-order valence-corrected chi connectivity index (χ4v) is 8.51. The Balaban J connectivity index is 1.01. The Labute approximate surface area is 325 Å². The van der Waals surface area contributed by atoms with Gasteiger partial charge in [-0.05, 0) is 83.4 Å². The summed E-state index contributed by atoms with van der Waals surface area (Å²) in [7, 11) is 0. The van der Waals surface area contributed by atoms with Gasteiger partial charge in [-0.3, -0.25) is 0 Å². The molecular formula is C53H35N3. The van der Waals surface area contributed by atoms with Crippen molar-refractivity contribution in [3.63, 3.8) is 0 Å². The predicted molar refractivity (Wildman–Crippen MR) is 235 cm³/mol. The molecule has 0 unspecified atom stereocenters. The Morgan fingerprint density at radius 1 is 0.286 bits per heavy atom. The Morgan fingerprint density at radius 3 is 1.30 bits per heavy atom. The van der Waals surface area contributed by atoms with Gasteiger partial charge in [0, 0.05) is 49.6 Å². The molecule has 0 aliphatic rings. The molecule has 11 rings (SSSR count). The van der Waals surface area contributed by atoms with Crippen LogP contribution in [0.1, 0.15) is 0 Å². The smallest absolute Gasteiger partial charge is 0.0787 e. The van der Waals surface area contributed by atoms with E-state index in [-0.39, 0.29) is 0 Å². The van der Waals surface area contributed by atoms with E-state index in [1.54, 1.807) is 0 Å². The van der Waals surface area contributed by atoms with Crippen LogP contribution in [0.5, 0.6) is 0 Å². The average Bonchev–Trinajstić information content (AvgIpc) is 3.79. The molecule has 0 saturated carbocycles. The SMILES string of the molecule is c1ccc(-c2ccc(-c3ccc(-n4c5ccccc5c5cc(-c6ccc7c(c6)c6ccccc6n7-c6ccccc6)ccc54)cc3)c(-c3ccccc3)n2)cc1. The van der Waals surface area contributed by atoms with E-state index in [1.165, 1.54) is 60.4 Å². The lowest BCUT2D eigenvalue weighted by Crippen LogP contribution is -1.95. The van der Waals surface area contributed by atoms with E-state index in [4.69, 9.17) is 4.98 Å². The molecule has 11 aromatic rings. The fraction of sp³-hybridized carbons (Fsp3) is 0. The van der Waals surface area contributed by atoms with Crippen LogP contribution < -0.4 is 0 Å². The van der Waals surface area contributed by atoms with E-state index in [9.17, 15) is 0 Å². The first-order valence-corrected chi connectivity index (χ1v) is 19.1. The number of aromatic nitrogens is 3. The molecule has 0 N–H and O–H groups in total. The molecule has 262 valence electrons. The quantitative estimate of drug-likeness (QED) is 0.168. The first-order valence-electron chi connectivity index (χ1n) is 19.1. The molecule has 0 aliphatic carbocycles. The van der Waals surface area contributed by atoms with Gasteiger partial charge in [-0.2, -0.15) is 0 Å². The topological polar surface area (TPSA) is 22.8 Å². The highest BCUT2D eigenvalue weighted by atomic mass is 15.0. The van der Waals surface area contributed by atoms with E-state index in [1.807, 2.05) is 6.07 Å². The van der Waals surface area contributed by atoms with Crippen molar-refractivity contribution >= 4 is 43.6 Å². The van der Waals surface area contributed by atoms with Crippen molar-refractivity contribution in [3.05, 3.63) is 212 Å². The van der Waals surface area contributed by atoms with Gasteiger partial charge in [-0.1, -0.05) is 146 Å². The van der Waals surface area contributed by atoms with Crippen molar-refractivity contribution in [3.8, 4) is 56.1 Å². The van der Waals surface area contributed by atoms with Gasteiger partial charge in [0.05, 0.1) is 33.5 Å². The summed E-state index contributed by atoms with van der Waals surface area (Å²) in [5.41, 5.74) is 15.9. The van der Waals surface area contributed by atoms with Crippen molar-refractivity contribution in [2.24, 2.45) is 0 Å². The standard InChI is InChI=1S/C53H35N3/c1-4-14-37(15-5-1)48-31-30-43(53(54-48)38-16-6-2-7-17-38)36-24-28-42(29-25-36)56-50-23-13-11-21-45(50)47-35-40(27-33-52(47)56)39-26-32-51-46(34-39)44-20-10-12-22-49(44)55(51)41-18-8-3-9-19-41/h1-35H. The summed E-state index contributed by atoms with van der Waals surface area (Å²) in [5.74, 6) is 0. The Kier molecular flexibility index (Phi) is 7.49. The number of pyridine rings is 1. The molecule has 56 heavy (non-hydrogen) atoms. The van der Waals surface area contributed by atoms with Crippen molar-refractivity contribution in [1.82, 2.24) is 14.1 Å². The number of nitrogens with zero attached hydrogens (tertiary/aromatic N) is 3. The minimum Gasteiger partial charge on any atom is -0.309 e. The predicted octanol–water partition coefficient (Wildman–Crippen LogP) is 13.9. The Bertz CT molecular complexity index is 3210. The van der Waals surface area contributed by atoms with Crippen LogP contribution in [0.15, 0.2) is 212 Å². The van der Waals surface area contributed by atoms with Crippen molar-refractivity contribution < 1.29 is 0 Å². The van der Waals surface area contributed by atoms with Crippen LogP contribution in [0.2, 0.25) is 0 Å². The summed E-state index contributed by atoms with van der Waals surface area (Å²) >= 11 is 0. The lowest BCUT2D eigenvalue weighted by molar-refractivity contribution is 1.18. The van der Waals surface area contributed by atoms with E-state index in [0.717, 1.165) is 39.3 Å². The third kappa shape index (κ3) is 5.25. The number of fused-ring (bicyclic) bond motifs is 6. The maximum Gasteiger partial charge on any atom is 0.0787 e. The van der Waals surface area contributed by atoms with Crippen LogP contribution in [0.4, 0.5) is 0 Å². The summed E-state index contributed by atoms with van der Waals surface area (Å²) in [6.07, 6.45) is 0. The second-order valence-electron chi connectivity index (χ2n) is 14.4. The van der Waals surface area contributed by atoms with Gasteiger partial charge in [0.1, 0.15) is 0 Å². The molecule has 3 heteroatoms. The van der Waals surface area contributed by atoms with Crippen LogP contribution >= 0.6 is 0 Å². The van der Waals surface area contributed by atoms with E-state index < -0.39 is 0 Å². The third-order valence-electron chi connectivity index (χ3n) is 11.1. The van der Waals surface area contributed by atoms with Crippen LogP contribution in [0.3, 0.4) is 0 Å². The van der Waals surface area contributed by atoms with Crippen LogP contribution in [0, 0.1) is 0 Å². The lowest BCUT2D eigenvalue weighted by Gasteiger charge is -2.14. The fourth-order valence-electron chi connectivity index (χ4n) is 8.51. The summed E-state index contributed by atoms with van der Waals surface area (Å²) in [4.78, 5) is 5.22. The zero-order valence-electron chi connectivity index (χ0n) is 30.5. The molecule has 8 aromatic carbocycles. The molecule has 0 aliphatic heterocycles. The molecule has 0 radical (unpaired) electrons. The molecule has 3 nitrogen and oxygen atoms in total. The Hall–Kier alpha value is -7.49.